The Bertz CT molecular complexity index is 591. The van der Waals surface area contributed by atoms with Crippen molar-refractivity contribution in [1.82, 2.24) is 4.31 Å². The fourth-order valence-corrected chi connectivity index (χ4v) is 4.17. The highest BCUT2D eigenvalue weighted by Crippen LogP contribution is 2.16. The molecule has 1 aliphatic rings. The van der Waals surface area contributed by atoms with Crippen LogP contribution >= 0.6 is 0 Å². The summed E-state index contributed by atoms with van der Waals surface area (Å²) in [4.78, 5) is 11.1. The molecule has 1 atom stereocenters. The van der Waals surface area contributed by atoms with Gasteiger partial charge >= 0.3 is 0 Å². The first-order chi connectivity index (χ1) is 10.3. The number of likely N-dealkylation sites (N-methyl/N-ethyl adjacent to an activating group) is 1. The third kappa shape index (κ3) is 4.61. The maximum atomic E-state index is 12.4. The number of rotatable bonds is 6. The van der Waals surface area contributed by atoms with E-state index in [2.05, 4.69) is 0 Å². The average molecular weight is 325 g/mol. The summed E-state index contributed by atoms with van der Waals surface area (Å²) < 4.78 is 25.7. The second-order valence-corrected chi connectivity index (χ2v) is 7.94. The molecule has 0 unspecified atom stereocenters. The summed E-state index contributed by atoms with van der Waals surface area (Å²) in [6.07, 6.45) is 2.19. The molecular formula is C15H21N2O4S. The van der Waals surface area contributed by atoms with Gasteiger partial charge in [0, 0.05) is 5.92 Å². The van der Waals surface area contributed by atoms with Crippen molar-refractivity contribution in [2.45, 2.75) is 6.42 Å². The molecule has 0 aromatic heterocycles. The third-order valence-corrected chi connectivity index (χ3v) is 5.92. The highest BCUT2D eigenvalue weighted by Gasteiger charge is 2.32. The molecule has 1 fully saturated rings. The molecule has 7 heteroatoms. The van der Waals surface area contributed by atoms with Crippen LogP contribution in [0.3, 0.4) is 0 Å². The number of nitrogens with zero attached hydrogens (tertiary/aromatic N) is 2. The molecule has 121 valence electrons. The number of carbonyl (C=O) groups excluding carboxylic acids is 1. The zero-order valence-corrected chi connectivity index (χ0v) is 13.5. The lowest BCUT2D eigenvalue weighted by molar-refractivity contribution is -0.864. The van der Waals surface area contributed by atoms with Crippen molar-refractivity contribution in [3.8, 4) is 0 Å². The smallest absolute Gasteiger partial charge is 0.215 e. The molecule has 1 aromatic carbocycles. The first kappa shape index (κ1) is 17.1. The van der Waals surface area contributed by atoms with E-state index in [0.29, 0.717) is 6.42 Å². The van der Waals surface area contributed by atoms with E-state index < -0.39 is 20.6 Å². The Morgan fingerprint density at radius 3 is 2.41 bits per heavy atom. The fraction of sp³-hybridized carbons (Fsp3) is 0.533. The molecule has 0 aliphatic carbocycles. The number of piperazine rings is 1. The Balaban J connectivity index is 1.99. The van der Waals surface area contributed by atoms with Crippen LogP contribution in [0.5, 0.6) is 0 Å². The maximum absolute atomic E-state index is 12.4. The summed E-state index contributed by atoms with van der Waals surface area (Å²) in [6.45, 7) is 0.902. The summed E-state index contributed by atoms with van der Waals surface area (Å²) in [6, 6.07) is 9.29. The van der Waals surface area contributed by atoms with E-state index in [4.69, 9.17) is 0 Å². The van der Waals surface area contributed by atoms with Crippen molar-refractivity contribution >= 4 is 16.3 Å². The quantitative estimate of drug-likeness (QED) is 0.565. The minimum atomic E-state index is -3.54. The lowest BCUT2D eigenvalue weighted by Crippen LogP contribution is -2.55. The van der Waals surface area contributed by atoms with Crippen LogP contribution in [-0.4, -0.2) is 62.6 Å². The summed E-state index contributed by atoms with van der Waals surface area (Å²) in [5.41, 5.74) is 0.911. The Morgan fingerprint density at radius 2 is 1.86 bits per heavy atom. The van der Waals surface area contributed by atoms with Gasteiger partial charge < -0.3 is 9.85 Å². The summed E-state index contributed by atoms with van der Waals surface area (Å²) in [5, 5.41) is 11.8. The van der Waals surface area contributed by atoms with Gasteiger partial charge in [0.15, 0.2) is 0 Å². The number of hydrogen-bond acceptors (Lipinski definition) is 4. The molecule has 1 aliphatic heterocycles. The van der Waals surface area contributed by atoms with E-state index in [1.807, 2.05) is 36.6 Å². The Labute approximate surface area is 131 Å². The van der Waals surface area contributed by atoms with Crippen molar-refractivity contribution in [2.75, 3.05) is 39.0 Å². The SMILES string of the molecule is C[N+]1([O-])CCN(S(=O)(=O)C[C@H]([C]=O)Cc2ccccc2)CC1. The number of hydrogen-bond donors (Lipinski definition) is 0. The van der Waals surface area contributed by atoms with E-state index in [9.17, 15) is 18.4 Å². The van der Waals surface area contributed by atoms with Crippen molar-refractivity contribution in [1.29, 1.82) is 0 Å². The van der Waals surface area contributed by atoms with Gasteiger partial charge in [-0.25, -0.2) is 8.42 Å². The van der Waals surface area contributed by atoms with Crippen LogP contribution in [0.1, 0.15) is 5.56 Å². The highest BCUT2D eigenvalue weighted by molar-refractivity contribution is 7.89. The lowest BCUT2D eigenvalue weighted by Gasteiger charge is -2.44. The molecule has 2 rings (SSSR count). The molecule has 0 N–H and O–H groups in total. The van der Waals surface area contributed by atoms with Crippen LogP contribution in [0.2, 0.25) is 0 Å². The Kier molecular flexibility index (Phi) is 5.33. The summed E-state index contributed by atoms with van der Waals surface area (Å²) >= 11 is 0. The van der Waals surface area contributed by atoms with Crippen LogP contribution in [0.15, 0.2) is 30.3 Å². The van der Waals surface area contributed by atoms with Crippen LogP contribution in [-0.2, 0) is 21.2 Å². The minimum Gasteiger partial charge on any atom is -0.633 e. The zero-order valence-electron chi connectivity index (χ0n) is 12.6. The first-order valence-corrected chi connectivity index (χ1v) is 8.88. The monoisotopic (exact) mass is 325 g/mol. The van der Waals surface area contributed by atoms with Gasteiger partial charge in [-0.3, -0.25) is 4.79 Å². The number of sulfonamides is 1. The van der Waals surface area contributed by atoms with Crippen LogP contribution in [0.25, 0.3) is 0 Å². The summed E-state index contributed by atoms with van der Waals surface area (Å²) in [7, 11) is -2.00. The van der Waals surface area contributed by atoms with Gasteiger partial charge in [0.1, 0.15) is 0 Å². The van der Waals surface area contributed by atoms with E-state index in [1.165, 1.54) is 4.31 Å². The van der Waals surface area contributed by atoms with Gasteiger partial charge in [0.25, 0.3) is 0 Å². The van der Waals surface area contributed by atoms with E-state index >= 15 is 0 Å². The molecule has 1 radical (unpaired) electrons. The normalized spacial score (nSPS) is 20.5. The molecule has 1 heterocycles. The zero-order chi connectivity index (χ0) is 16.2. The van der Waals surface area contributed by atoms with Crippen molar-refractivity contribution in [3.05, 3.63) is 41.1 Å². The predicted octanol–water partition coefficient (Wildman–Crippen LogP) is 0.545. The molecule has 1 saturated heterocycles. The Hall–Kier alpha value is -1.28. The van der Waals surface area contributed by atoms with E-state index in [-0.39, 0.29) is 31.9 Å². The maximum Gasteiger partial charge on any atom is 0.215 e. The highest BCUT2D eigenvalue weighted by atomic mass is 32.2. The fourth-order valence-electron chi connectivity index (χ4n) is 2.54. The molecular weight excluding hydrogens is 304 g/mol. The minimum absolute atomic E-state index is 0.208. The van der Waals surface area contributed by atoms with Crippen molar-refractivity contribution < 1.29 is 17.9 Å². The summed E-state index contributed by atoms with van der Waals surface area (Å²) in [5.74, 6) is -0.948. The first-order valence-electron chi connectivity index (χ1n) is 7.27. The van der Waals surface area contributed by atoms with Gasteiger partial charge in [-0.2, -0.15) is 4.31 Å². The third-order valence-electron chi connectivity index (χ3n) is 3.94. The molecule has 6 nitrogen and oxygen atoms in total. The van der Waals surface area contributed by atoms with Gasteiger partial charge in [0.2, 0.25) is 16.3 Å². The molecule has 1 aromatic rings. The van der Waals surface area contributed by atoms with Gasteiger partial charge in [-0.05, 0) is 12.0 Å². The van der Waals surface area contributed by atoms with E-state index in [1.54, 1.807) is 7.05 Å². The number of benzene rings is 1. The topological polar surface area (TPSA) is 77.5 Å². The van der Waals surface area contributed by atoms with Crippen molar-refractivity contribution in [3.63, 3.8) is 0 Å². The second kappa shape index (κ2) is 6.87. The predicted molar refractivity (Wildman–Crippen MR) is 84.0 cm³/mol. The molecule has 22 heavy (non-hydrogen) atoms. The van der Waals surface area contributed by atoms with Crippen molar-refractivity contribution in [2.24, 2.45) is 5.92 Å². The van der Waals surface area contributed by atoms with Crippen LogP contribution < -0.4 is 0 Å². The van der Waals surface area contributed by atoms with Crippen LogP contribution in [0, 0.1) is 11.1 Å². The van der Waals surface area contributed by atoms with Crippen LogP contribution in [0.4, 0.5) is 0 Å². The van der Waals surface area contributed by atoms with Gasteiger partial charge in [-0.1, -0.05) is 30.3 Å². The molecule has 0 saturated carbocycles. The second-order valence-electron chi connectivity index (χ2n) is 5.93. The van der Waals surface area contributed by atoms with Gasteiger partial charge in [0.05, 0.1) is 39.0 Å². The largest absolute Gasteiger partial charge is 0.633 e. The van der Waals surface area contributed by atoms with E-state index in [0.717, 1.165) is 5.56 Å². The average Bonchev–Trinajstić information content (AvgIpc) is 2.47. The molecule has 0 spiro atoms. The number of hydroxylamine groups is 3. The molecule has 0 bridgehead atoms. The van der Waals surface area contributed by atoms with Gasteiger partial charge in [-0.15, -0.1) is 0 Å². The number of quaternary nitrogens is 1. The standard InChI is InChI=1S/C15H21N2O4S/c1-17(19)9-7-16(8-10-17)22(20,21)13-15(12-18)11-14-5-3-2-4-6-14/h2-6,15H,7-11,13H2,1H3/t15-/m0/s1. The molecule has 0 amide bonds. The Morgan fingerprint density at radius 1 is 1.27 bits per heavy atom. The lowest BCUT2D eigenvalue weighted by atomic mass is 10.0.